The number of sulfonamides is 1. The van der Waals surface area contributed by atoms with Gasteiger partial charge < -0.3 is 14.8 Å². The van der Waals surface area contributed by atoms with Crippen LogP contribution < -0.4 is 14.8 Å². The first-order valence-electron chi connectivity index (χ1n) is 8.12. The second kappa shape index (κ2) is 8.85. The number of carbonyl (C=O) groups excluding carboxylic acids is 1. The van der Waals surface area contributed by atoms with Crippen LogP contribution in [-0.4, -0.2) is 46.9 Å². The van der Waals surface area contributed by atoms with E-state index >= 15 is 0 Å². The largest absolute Gasteiger partial charge is 0.495 e. The van der Waals surface area contributed by atoms with Crippen LogP contribution in [0.5, 0.6) is 11.5 Å². The molecule has 0 saturated heterocycles. The van der Waals surface area contributed by atoms with E-state index < -0.39 is 21.7 Å². The number of amides is 1. The average Bonchev–Trinajstić information content (AvgIpc) is 2.66. The topological polar surface area (TPSA) is 84.9 Å². The molecule has 0 radical (unpaired) electrons. The van der Waals surface area contributed by atoms with Crippen molar-refractivity contribution < 1.29 is 27.1 Å². The van der Waals surface area contributed by atoms with Crippen molar-refractivity contribution in [1.82, 2.24) is 4.31 Å². The van der Waals surface area contributed by atoms with E-state index in [9.17, 15) is 17.6 Å². The van der Waals surface area contributed by atoms with Gasteiger partial charge in [-0.2, -0.15) is 0 Å². The minimum Gasteiger partial charge on any atom is -0.495 e. The van der Waals surface area contributed by atoms with Crippen LogP contribution in [0.2, 0.25) is 0 Å². The van der Waals surface area contributed by atoms with Crippen molar-refractivity contribution in [3.8, 4) is 11.5 Å². The molecule has 150 valence electrons. The second-order valence-corrected chi connectivity index (χ2v) is 8.02. The molecule has 0 aliphatic rings. The summed E-state index contributed by atoms with van der Waals surface area (Å²) in [6, 6.07) is 8.43. The third kappa shape index (κ3) is 4.87. The fourth-order valence-corrected chi connectivity index (χ4v) is 3.22. The highest BCUT2D eigenvalue weighted by atomic mass is 32.2. The number of carbonyl (C=O) groups is 1. The van der Waals surface area contributed by atoms with Crippen LogP contribution in [0.1, 0.15) is 5.56 Å². The molecule has 0 heterocycles. The van der Waals surface area contributed by atoms with Crippen LogP contribution in [-0.2, 0) is 14.8 Å². The van der Waals surface area contributed by atoms with Gasteiger partial charge >= 0.3 is 0 Å². The van der Waals surface area contributed by atoms with Crippen LogP contribution >= 0.6 is 0 Å². The van der Waals surface area contributed by atoms with E-state index in [1.807, 2.05) is 0 Å². The van der Waals surface area contributed by atoms with Gasteiger partial charge in [0.05, 0.1) is 24.8 Å². The van der Waals surface area contributed by atoms with Crippen LogP contribution in [0.4, 0.5) is 10.1 Å². The van der Waals surface area contributed by atoms with E-state index in [1.54, 1.807) is 6.07 Å². The van der Waals surface area contributed by atoms with Crippen molar-refractivity contribution in [2.24, 2.45) is 0 Å². The Hall–Kier alpha value is -2.91. The SMILES string of the molecule is COc1ccc(/C=C/C(=O)Nc2cc(S(=O)(=O)N(C)C)ccc2OC)cc1F. The van der Waals surface area contributed by atoms with Gasteiger partial charge in [0, 0.05) is 20.2 Å². The monoisotopic (exact) mass is 408 g/mol. The summed E-state index contributed by atoms with van der Waals surface area (Å²) >= 11 is 0. The van der Waals surface area contributed by atoms with E-state index in [-0.39, 0.29) is 16.3 Å². The third-order valence-corrected chi connectivity index (χ3v) is 5.62. The molecule has 0 fully saturated rings. The molecule has 9 heteroatoms. The summed E-state index contributed by atoms with van der Waals surface area (Å²) < 4.78 is 49.3. The van der Waals surface area contributed by atoms with Crippen molar-refractivity contribution >= 4 is 27.7 Å². The number of halogens is 1. The molecule has 0 spiro atoms. The van der Waals surface area contributed by atoms with Crippen molar-refractivity contribution in [3.63, 3.8) is 0 Å². The lowest BCUT2D eigenvalue weighted by Gasteiger charge is -2.14. The maximum Gasteiger partial charge on any atom is 0.248 e. The standard InChI is InChI=1S/C19H21FN2O5S/c1-22(2)28(24,25)14-7-9-18(27-4)16(12-14)21-19(23)10-6-13-5-8-17(26-3)15(20)11-13/h5-12H,1-4H3,(H,21,23)/b10-6+. The van der Waals surface area contributed by atoms with Crippen LogP contribution in [0, 0.1) is 5.82 Å². The maximum absolute atomic E-state index is 13.7. The zero-order chi connectivity index (χ0) is 20.9. The summed E-state index contributed by atoms with van der Waals surface area (Å²) in [6.07, 6.45) is 2.62. The Kier molecular flexibility index (Phi) is 6.76. The number of ether oxygens (including phenoxy) is 2. The molecule has 1 amide bonds. The Balaban J connectivity index is 2.24. The number of anilines is 1. The first-order chi connectivity index (χ1) is 13.2. The fraction of sp³-hybridized carbons (Fsp3) is 0.211. The van der Waals surface area contributed by atoms with Crippen LogP contribution in [0.15, 0.2) is 47.4 Å². The minimum atomic E-state index is -3.67. The molecule has 28 heavy (non-hydrogen) atoms. The lowest BCUT2D eigenvalue weighted by atomic mass is 10.2. The second-order valence-electron chi connectivity index (χ2n) is 5.87. The van der Waals surface area contributed by atoms with E-state index in [4.69, 9.17) is 9.47 Å². The molecular formula is C19H21FN2O5S. The highest BCUT2D eigenvalue weighted by Gasteiger charge is 2.19. The molecule has 2 aromatic rings. The molecule has 0 aliphatic heterocycles. The Morgan fingerprint density at radius 3 is 2.29 bits per heavy atom. The van der Waals surface area contributed by atoms with Gasteiger partial charge in [-0.25, -0.2) is 17.1 Å². The number of hydrogen-bond acceptors (Lipinski definition) is 5. The predicted molar refractivity (Wildman–Crippen MR) is 104 cm³/mol. The Morgan fingerprint density at radius 1 is 1.07 bits per heavy atom. The van der Waals surface area contributed by atoms with Gasteiger partial charge in [0.2, 0.25) is 15.9 Å². The molecule has 0 saturated carbocycles. The lowest BCUT2D eigenvalue weighted by Crippen LogP contribution is -2.22. The number of nitrogens with zero attached hydrogens (tertiary/aromatic N) is 1. The van der Waals surface area contributed by atoms with Crippen molar-refractivity contribution in [1.29, 1.82) is 0 Å². The summed E-state index contributed by atoms with van der Waals surface area (Å²) in [5, 5.41) is 2.57. The number of methoxy groups -OCH3 is 2. The predicted octanol–water partition coefficient (Wildman–Crippen LogP) is 2.75. The van der Waals surface area contributed by atoms with Gasteiger partial charge in [0.25, 0.3) is 0 Å². The molecule has 7 nitrogen and oxygen atoms in total. The number of rotatable bonds is 7. The Labute approximate surface area is 163 Å². The first kappa shape index (κ1) is 21.4. The normalized spacial score (nSPS) is 11.6. The molecule has 2 aromatic carbocycles. The van der Waals surface area contributed by atoms with Crippen molar-refractivity contribution in [3.05, 3.63) is 53.9 Å². The van der Waals surface area contributed by atoms with Crippen molar-refractivity contribution in [2.45, 2.75) is 4.90 Å². The van der Waals surface area contributed by atoms with Gasteiger partial charge in [-0.3, -0.25) is 4.79 Å². The molecule has 0 unspecified atom stereocenters. The van der Waals surface area contributed by atoms with Gasteiger partial charge in [-0.05, 0) is 42.0 Å². The molecule has 0 aromatic heterocycles. The molecule has 1 N–H and O–H groups in total. The Bertz CT molecular complexity index is 1000. The third-order valence-electron chi connectivity index (χ3n) is 3.81. The quantitative estimate of drug-likeness (QED) is 0.712. The maximum atomic E-state index is 13.7. The van der Waals surface area contributed by atoms with E-state index in [2.05, 4.69) is 5.32 Å². The summed E-state index contributed by atoms with van der Waals surface area (Å²) in [7, 11) is 1.91. The average molecular weight is 408 g/mol. The molecule has 0 bridgehead atoms. The zero-order valence-electron chi connectivity index (χ0n) is 15.9. The Morgan fingerprint density at radius 2 is 1.71 bits per heavy atom. The zero-order valence-corrected chi connectivity index (χ0v) is 16.7. The van der Waals surface area contributed by atoms with Gasteiger partial charge in [0.15, 0.2) is 11.6 Å². The minimum absolute atomic E-state index is 0.00908. The number of hydrogen-bond donors (Lipinski definition) is 1. The summed E-state index contributed by atoms with van der Waals surface area (Å²) in [5.74, 6) is -0.678. The van der Waals surface area contributed by atoms with Crippen molar-refractivity contribution in [2.75, 3.05) is 33.6 Å². The first-order valence-corrected chi connectivity index (χ1v) is 9.56. The van der Waals surface area contributed by atoms with Crippen LogP contribution in [0.25, 0.3) is 6.08 Å². The number of nitrogens with one attached hydrogen (secondary N) is 1. The molecule has 0 atom stereocenters. The molecule has 0 aliphatic carbocycles. The van der Waals surface area contributed by atoms with Crippen LogP contribution in [0.3, 0.4) is 0 Å². The van der Waals surface area contributed by atoms with E-state index in [0.29, 0.717) is 11.3 Å². The molecule has 2 rings (SSSR count). The summed E-state index contributed by atoms with van der Waals surface area (Å²) in [4.78, 5) is 12.2. The van der Waals surface area contributed by atoms with Gasteiger partial charge in [-0.15, -0.1) is 0 Å². The lowest BCUT2D eigenvalue weighted by molar-refractivity contribution is -0.111. The smallest absolute Gasteiger partial charge is 0.248 e. The molecular weight excluding hydrogens is 387 g/mol. The highest BCUT2D eigenvalue weighted by molar-refractivity contribution is 7.89. The highest BCUT2D eigenvalue weighted by Crippen LogP contribution is 2.28. The number of benzene rings is 2. The van der Waals surface area contributed by atoms with Gasteiger partial charge in [0.1, 0.15) is 5.75 Å². The fourth-order valence-electron chi connectivity index (χ4n) is 2.29. The van der Waals surface area contributed by atoms with Gasteiger partial charge in [-0.1, -0.05) is 6.07 Å². The summed E-state index contributed by atoms with van der Waals surface area (Å²) in [5.41, 5.74) is 0.658. The van der Waals surface area contributed by atoms with E-state index in [1.165, 1.54) is 70.8 Å². The van der Waals surface area contributed by atoms with E-state index in [0.717, 1.165) is 4.31 Å². The summed E-state index contributed by atoms with van der Waals surface area (Å²) in [6.45, 7) is 0.